The first-order chi connectivity index (χ1) is 13.4. The molecule has 0 aliphatic heterocycles. The third-order valence-corrected chi connectivity index (χ3v) is 6.65. The minimum atomic E-state index is -0.630. The summed E-state index contributed by atoms with van der Waals surface area (Å²) in [6.45, 7) is 0.527. The minimum absolute atomic E-state index is 0.527. The molecule has 4 aromatic rings. The molecule has 1 heterocycles. The van der Waals surface area contributed by atoms with Gasteiger partial charge in [0, 0.05) is 17.6 Å². The molecule has 4 rings (SSSR count). The van der Waals surface area contributed by atoms with Crippen molar-refractivity contribution in [3.63, 3.8) is 0 Å². The summed E-state index contributed by atoms with van der Waals surface area (Å²) in [6, 6.07) is 35.5. The second kappa shape index (κ2) is 8.62. The Bertz CT molecular complexity index is 918. The molecule has 0 fully saturated rings. The molecule has 0 aliphatic carbocycles. The van der Waals surface area contributed by atoms with Crippen LogP contribution in [0.4, 0.5) is 0 Å². The van der Waals surface area contributed by atoms with E-state index in [0.29, 0.717) is 12.5 Å². The Morgan fingerprint density at radius 2 is 1.15 bits per heavy atom. The summed E-state index contributed by atoms with van der Waals surface area (Å²) in [4.78, 5) is 4.56. The van der Waals surface area contributed by atoms with Gasteiger partial charge in [-0.15, -0.1) is 0 Å². The first-order valence-corrected chi connectivity index (χ1v) is 10.3. The topological polar surface area (TPSA) is 22.1 Å². The number of nitrogens with zero attached hydrogens (tertiary/aromatic N) is 1. The fraction of sp³-hybridized carbons (Fsp3) is 0.0417. The SMILES string of the molecule is c1ccc(COc2ccc(P(c3ccccc3)c3ccccc3)cn2)cc1. The molecule has 0 aliphatic rings. The Kier molecular flexibility index (Phi) is 5.57. The van der Waals surface area contributed by atoms with Crippen molar-refractivity contribution in [3.8, 4) is 5.88 Å². The van der Waals surface area contributed by atoms with Crippen LogP contribution in [0, 0.1) is 0 Å². The standard InChI is InChI=1S/C24H20NOP/c1-4-10-20(11-5-1)19-26-24-17-16-23(18-25-24)27(21-12-6-2-7-13-21)22-14-8-3-9-15-22/h1-18H,19H2. The van der Waals surface area contributed by atoms with Crippen LogP contribution in [-0.2, 0) is 6.61 Å². The van der Waals surface area contributed by atoms with Gasteiger partial charge in [-0.2, -0.15) is 0 Å². The molecule has 3 aromatic carbocycles. The summed E-state index contributed by atoms with van der Waals surface area (Å²) < 4.78 is 5.83. The maximum absolute atomic E-state index is 5.83. The van der Waals surface area contributed by atoms with Crippen LogP contribution in [0.5, 0.6) is 5.88 Å². The third-order valence-electron chi connectivity index (χ3n) is 4.24. The van der Waals surface area contributed by atoms with Crippen molar-refractivity contribution in [2.45, 2.75) is 6.61 Å². The largest absolute Gasteiger partial charge is 0.473 e. The normalized spacial score (nSPS) is 10.7. The maximum atomic E-state index is 5.83. The highest BCUT2D eigenvalue weighted by atomic mass is 31.1. The summed E-state index contributed by atoms with van der Waals surface area (Å²) in [5.74, 6) is 0.652. The number of pyridine rings is 1. The van der Waals surface area contributed by atoms with Gasteiger partial charge in [0.2, 0.25) is 5.88 Å². The first-order valence-electron chi connectivity index (χ1n) is 8.93. The number of aromatic nitrogens is 1. The van der Waals surface area contributed by atoms with Crippen LogP contribution in [0.15, 0.2) is 109 Å². The van der Waals surface area contributed by atoms with Gasteiger partial charge in [-0.05, 0) is 30.2 Å². The second-order valence-electron chi connectivity index (χ2n) is 6.14. The summed E-state index contributed by atoms with van der Waals surface area (Å²) in [5, 5.41) is 3.85. The van der Waals surface area contributed by atoms with Crippen LogP contribution in [0.1, 0.15) is 5.56 Å². The van der Waals surface area contributed by atoms with E-state index in [1.807, 2.05) is 30.5 Å². The number of hydrogen-bond acceptors (Lipinski definition) is 2. The highest BCUT2D eigenvalue weighted by Gasteiger charge is 2.16. The average Bonchev–Trinajstić information content (AvgIpc) is 2.76. The highest BCUT2D eigenvalue weighted by Crippen LogP contribution is 2.32. The van der Waals surface area contributed by atoms with Gasteiger partial charge in [-0.3, -0.25) is 0 Å². The molecule has 1 aromatic heterocycles. The Hall–Kier alpha value is -2.96. The number of hydrogen-bond donors (Lipinski definition) is 0. The van der Waals surface area contributed by atoms with E-state index < -0.39 is 7.92 Å². The Labute approximate surface area is 161 Å². The molecule has 0 N–H and O–H groups in total. The van der Waals surface area contributed by atoms with E-state index in [0.717, 1.165) is 5.56 Å². The lowest BCUT2D eigenvalue weighted by Gasteiger charge is -2.19. The van der Waals surface area contributed by atoms with Crippen molar-refractivity contribution < 1.29 is 4.74 Å². The van der Waals surface area contributed by atoms with Gasteiger partial charge in [0.25, 0.3) is 0 Å². The van der Waals surface area contributed by atoms with E-state index in [1.165, 1.54) is 15.9 Å². The number of benzene rings is 3. The van der Waals surface area contributed by atoms with Gasteiger partial charge in [0.15, 0.2) is 0 Å². The predicted molar refractivity (Wildman–Crippen MR) is 114 cm³/mol. The maximum Gasteiger partial charge on any atom is 0.213 e. The third kappa shape index (κ3) is 4.42. The number of ether oxygens (including phenoxy) is 1. The lowest BCUT2D eigenvalue weighted by Crippen LogP contribution is -2.20. The van der Waals surface area contributed by atoms with Gasteiger partial charge >= 0.3 is 0 Å². The quantitative estimate of drug-likeness (QED) is 0.470. The van der Waals surface area contributed by atoms with E-state index in [9.17, 15) is 0 Å². The van der Waals surface area contributed by atoms with E-state index in [4.69, 9.17) is 4.74 Å². The fourth-order valence-corrected chi connectivity index (χ4v) is 5.15. The van der Waals surface area contributed by atoms with Gasteiger partial charge in [-0.1, -0.05) is 91.0 Å². The monoisotopic (exact) mass is 369 g/mol. The molecule has 132 valence electrons. The van der Waals surface area contributed by atoms with Gasteiger partial charge in [0.1, 0.15) is 6.61 Å². The summed E-state index contributed by atoms with van der Waals surface area (Å²) in [6.07, 6.45) is 1.95. The molecule has 0 atom stereocenters. The molecule has 0 amide bonds. The van der Waals surface area contributed by atoms with Gasteiger partial charge < -0.3 is 4.74 Å². The van der Waals surface area contributed by atoms with Crippen molar-refractivity contribution in [1.29, 1.82) is 0 Å². The van der Waals surface area contributed by atoms with Crippen LogP contribution in [0.25, 0.3) is 0 Å². The van der Waals surface area contributed by atoms with Gasteiger partial charge in [-0.25, -0.2) is 4.98 Å². The average molecular weight is 369 g/mol. The van der Waals surface area contributed by atoms with E-state index in [-0.39, 0.29) is 0 Å². The molecule has 0 radical (unpaired) electrons. The molecule has 0 saturated heterocycles. The smallest absolute Gasteiger partial charge is 0.213 e. The molecule has 2 nitrogen and oxygen atoms in total. The van der Waals surface area contributed by atoms with E-state index in [1.54, 1.807) is 0 Å². The number of rotatable bonds is 6. The lowest BCUT2D eigenvalue weighted by atomic mass is 10.2. The van der Waals surface area contributed by atoms with Crippen molar-refractivity contribution in [2.24, 2.45) is 0 Å². The molecule has 0 bridgehead atoms. The van der Waals surface area contributed by atoms with E-state index >= 15 is 0 Å². The molecule has 3 heteroatoms. The van der Waals surface area contributed by atoms with Crippen molar-refractivity contribution >= 4 is 23.8 Å². The lowest BCUT2D eigenvalue weighted by molar-refractivity contribution is 0.294. The van der Waals surface area contributed by atoms with Crippen LogP contribution in [-0.4, -0.2) is 4.98 Å². The predicted octanol–water partition coefficient (Wildman–Crippen LogP) is 4.42. The summed E-state index contributed by atoms with van der Waals surface area (Å²) >= 11 is 0. The minimum Gasteiger partial charge on any atom is -0.473 e. The van der Waals surface area contributed by atoms with Gasteiger partial charge in [0.05, 0.1) is 0 Å². The molecule has 27 heavy (non-hydrogen) atoms. The molecule has 0 unspecified atom stereocenters. The molecule has 0 spiro atoms. The summed E-state index contributed by atoms with van der Waals surface area (Å²) in [5.41, 5.74) is 1.14. The molecular weight excluding hydrogens is 349 g/mol. The Morgan fingerprint density at radius 1 is 0.593 bits per heavy atom. The Morgan fingerprint density at radius 3 is 1.67 bits per heavy atom. The van der Waals surface area contributed by atoms with Crippen LogP contribution < -0.4 is 20.7 Å². The fourth-order valence-electron chi connectivity index (χ4n) is 2.92. The summed E-state index contributed by atoms with van der Waals surface area (Å²) in [7, 11) is -0.630. The van der Waals surface area contributed by atoms with Crippen molar-refractivity contribution in [3.05, 3.63) is 115 Å². The molecule has 0 saturated carbocycles. The second-order valence-corrected chi connectivity index (χ2v) is 8.36. The van der Waals surface area contributed by atoms with E-state index in [2.05, 4.69) is 83.8 Å². The first kappa shape index (κ1) is 17.5. The van der Waals surface area contributed by atoms with Crippen molar-refractivity contribution in [1.82, 2.24) is 4.98 Å². The van der Waals surface area contributed by atoms with Crippen molar-refractivity contribution in [2.75, 3.05) is 0 Å². The highest BCUT2D eigenvalue weighted by molar-refractivity contribution is 7.79. The van der Waals surface area contributed by atoms with Crippen LogP contribution >= 0.6 is 7.92 Å². The zero-order valence-corrected chi connectivity index (χ0v) is 15.8. The molecular formula is C24H20NOP. The van der Waals surface area contributed by atoms with Crippen LogP contribution in [0.2, 0.25) is 0 Å². The Balaban J connectivity index is 1.58. The zero-order chi connectivity index (χ0) is 18.3. The zero-order valence-electron chi connectivity index (χ0n) is 14.9. The van der Waals surface area contributed by atoms with Crippen LogP contribution in [0.3, 0.4) is 0 Å².